The zero-order valence-electron chi connectivity index (χ0n) is 20.0. The van der Waals surface area contributed by atoms with Crippen molar-refractivity contribution in [3.63, 3.8) is 0 Å². The summed E-state index contributed by atoms with van der Waals surface area (Å²) in [6.07, 6.45) is -9.74. The molecule has 2 aromatic heterocycles. The van der Waals surface area contributed by atoms with E-state index in [1.165, 1.54) is 12.1 Å². The molecule has 0 aliphatic carbocycles. The molecule has 4 rings (SSSR count). The van der Waals surface area contributed by atoms with E-state index >= 15 is 4.39 Å². The summed E-state index contributed by atoms with van der Waals surface area (Å²) in [6, 6.07) is 6.11. The van der Waals surface area contributed by atoms with E-state index in [0.29, 0.717) is 21.1 Å². The normalized spacial score (nSPS) is 12.9. The third-order valence-electron chi connectivity index (χ3n) is 5.34. The Morgan fingerprint density at radius 3 is 2.33 bits per heavy atom. The third kappa shape index (κ3) is 6.58. The lowest BCUT2D eigenvalue weighted by atomic mass is 10.1. The number of aromatic nitrogens is 3. The van der Waals surface area contributed by atoms with Gasteiger partial charge in [0.2, 0.25) is 0 Å². The Kier molecular flexibility index (Phi) is 7.73. The van der Waals surface area contributed by atoms with Gasteiger partial charge < -0.3 is 9.47 Å². The average molecular weight is 577 g/mol. The molecule has 15 heteroatoms. The number of rotatable bonds is 8. The highest BCUT2D eigenvalue weighted by Gasteiger charge is 2.31. The molecule has 208 valence electrons. The second-order valence-electron chi connectivity index (χ2n) is 8.18. The summed E-state index contributed by atoms with van der Waals surface area (Å²) in [5.41, 5.74) is -0.210. The van der Waals surface area contributed by atoms with Gasteiger partial charge in [0, 0.05) is 11.6 Å². The fourth-order valence-electron chi connectivity index (χ4n) is 3.54. The van der Waals surface area contributed by atoms with Crippen LogP contribution >= 0.6 is 11.3 Å². The van der Waals surface area contributed by atoms with E-state index < -0.39 is 53.7 Å². The predicted molar refractivity (Wildman–Crippen MR) is 125 cm³/mol. The van der Waals surface area contributed by atoms with Gasteiger partial charge in [0.05, 0.1) is 21.7 Å². The minimum absolute atomic E-state index is 0.284. The molecule has 0 amide bonds. The smallest absolute Gasteiger partial charge is 0.439 e. The number of aromatic amines is 1. The number of H-pyrrole nitrogens is 1. The van der Waals surface area contributed by atoms with Gasteiger partial charge in [-0.05, 0) is 31.5 Å². The summed E-state index contributed by atoms with van der Waals surface area (Å²) >= 11 is 1.12. The minimum Gasteiger partial charge on any atom is -0.483 e. The maximum absolute atomic E-state index is 15.1. The molecule has 0 fully saturated rings. The van der Waals surface area contributed by atoms with Crippen LogP contribution in [0.15, 0.2) is 45.7 Å². The van der Waals surface area contributed by atoms with Crippen molar-refractivity contribution in [3.8, 4) is 33.5 Å². The van der Waals surface area contributed by atoms with Crippen LogP contribution in [-0.4, -0.2) is 27.9 Å². The van der Waals surface area contributed by atoms with E-state index in [1.54, 1.807) is 13.8 Å². The Bertz CT molecular complexity index is 1510. The van der Waals surface area contributed by atoms with Gasteiger partial charge in [-0.1, -0.05) is 24.2 Å². The first-order chi connectivity index (χ1) is 18.2. The van der Waals surface area contributed by atoms with Crippen molar-refractivity contribution in [3.05, 3.63) is 68.9 Å². The molecule has 0 aliphatic heterocycles. The van der Waals surface area contributed by atoms with Crippen molar-refractivity contribution in [1.82, 2.24) is 15.1 Å². The maximum Gasteiger partial charge on any atom is 0.439 e. The van der Waals surface area contributed by atoms with Crippen molar-refractivity contribution >= 4 is 11.3 Å². The van der Waals surface area contributed by atoms with Crippen LogP contribution in [0.5, 0.6) is 11.5 Å². The number of ether oxygens (including phenoxy) is 2. The summed E-state index contributed by atoms with van der Waals surface area (Å²) in [4.78, 5) is 18.4. The van der Waals surface area contributed by atoms with Crippen LogP contribution in [-0.2, 0) is 6.18 Å². The summed E-state index contributed by atoms with van der Waals surface area (Å²) < 4.78 is 107. The number of hydrogen-bond donors (Lipinski definition) is 1. The molecule has 0 radical (unpaired) electrons. The summed E-state index contributed by atoms with van der Waals surface area (Å²) in [7, 11) is 0. The molecule has 0 aliphatic rings. The van der Waals surface area contributed by atoms with E-state index in [1.807, 2.05) is 0 Å². The Morgan fingerprint density at radius 2 is 1.77 bits per heavy atom. The molecule has 0 spiro atoms. The molecular weight excluding hydrogens is 559 g/mol. The van der Waals surface area contributed by atoms with Crippen molar-refractivity contribution in [2.75, 3.05) is 6.61 Å². The molecule has 4 aromatic rings. The van der Waals surface area contributed by atoms with Gasteiger partial charge in [-0.3, -0.25) is 9.51 Å². The van der Waals surface area contributed by atoms with Gasteiger partial charge in [-0.2, -0.15) is 26.3 Å². The zero-order chi connectivity index (χ0) is 28.5. The van der Waals surface area contributed by atoms with Crippen LogP contribution in [0, 0.1) is 12.7 Å². The molecule has 1 N–H and O–H groups in total. The standard InChI is InChI=1S/C24H18F7N3O4S/c1-3-16(19-11(2)32-21(39-19)12-4-6-13(7-5-12)24(29,30)31)37-18-9-17(36-10-23(26,27)28)14(8-15(18)25)20-33-22(35)38-34-20/h4-9,16H,3,10H2,1-2H3,(H,33,34,35). The first-order valence-electron chi connectivity index (χ1n) is 11.2. The molecule has 0 bridgehead atoms. The fraction of sp³-hybridized carbons (Fsp3) is 0.292. The SMILES string of the molecule is CCC(Oc1cc(OCC(F)(F)F)c(-c2noc(=O)[nH]2)cc1F)c1sc(-c2ccc(C(F)(F)F)cc2)nc1C. The number of alkyl halides is 6. The monoisotopic (exact) mass is 577 g/mol. The Balaban J connectivity index is 1.65. The highest BCUT2D eigenvalue weighted by atomic mass is 32.1. The second-order valence-corrected chi connectivity index (χ2v) is 9.22. The first kappa shape index (κ1) is 28.1. The molecular formula is C24H18F7N3O4S. The summed E-state index contributed by atoms with van der Waals surface area (Å²) in [5.74, 6) is -3.28. The van der Waals surface area contributed by atoms with Crippen molar-refractivity contribution < 1.29 is 44.7 Å². The number of halogens is 7. The van der Waals surface area contributed by atoms with Gasteiger partial charge in [-0.15, -0.1) is 11.3 Å². The quantitative estimate of drug-likeness (QED) is 0.225. The van der Waals surface area contributed by atoms with Crippen LogP contribution in [0.3, 0.4) is 0 Å². The molecule has 2 aromatic carbocycles. The number of aryl methyl sites for hydroxylation is 1. The average Bonchev–Trinajstić information content (AvgIpc) is 3.47. The summed E-state index contributed by atoms with van der Waals surface area (Å²) in [5, 5.41) is 3.77. The van der Waals surface area contributed by atoms with Gasteiger partial charge in [0.15, 0.2) is 24.0 Å². The van der Waals surface area contributed by atoms with Gasteiger partial charge in [-0.25, -0.2) is 14.2 Å². The third-order valence-corrected chi connectivity index (χ3v) is 6.64. The van der Waals surface area contributed by atoms with Gasteiger partial charge in [0.25, 0.3) is 0 Å². The summed E-state index contributed by atoms with van der Waals surface area (Å²) in [6.45, 7) is 1.65. The zero-order valence-corrected chi connectivity index (χ0v) is 20.9. The molecule has 2 heterocycles. The van der Waals surface area contributed by atoms with Gasteiger partial charge in [0.1, 0.15) is 16.9 Å². The molecule has 1 unspecified atom stereocenters. The molecule has 7 nitrogen and oxygen atoms in total. The largest absolute Gasteiger partial charge is 0.483 e. The number of benzene rings is 2. The Hall–Kier alpha value is -3.88. The molecule has 0 saturated heterocycles. The predicted octanol–water partition coefficient (Wildman–Crippen LogP) is 7.09. The minimum atomic E-state index is -4.72. The lowest BCUT2D eigenvalue weighted by Gasteiger charge is -2.19. The Morgan fingerprint density at radius 1 is 1.08 bits per heavy atom. The lowest BCUT2D eigenvalue weighted by Crippen LogP contribution is -2.19. The highest BCUT2D eigenvalue weighted by molar-refractivity contribution is 7.15. The Labute approximate surface area is 219 Å². The van der Waals surface area contributed by atoms with E-state index in [0.717, 1.165) is 35.6 Å². The van der Waals surface area contributed by atoms with Crippen molar-refractivity contribution in [1.29, 1.82) is 0 Å². The lowest BCUT2D eigenvalue weighted by molar-refractivity contribution is -0.153. The molecule has 39 heavy (non-hydrogen) atoms. The number of nitrogens with zero attached hydrogens (tertiary/aromatic N) is 2. The second kappa shape index (κ2) is 10.7. The van der Waals surface area contributed by atoms with E-state index in [9.17, 15) is 31.1 Å². The molecule has 0 saturated carbocycles. The van der Waals surface area contributed by atoms with E-state index in [4.69, 9.17) is 9.47 Å². The van der Waals surface area contributed by atoms with E-state index in [2.05, 4.69) is 19.6 Å². The van der Waals surface area contributed by atoms with Crippen LogP contribution in [0.1, 0.15) is 35.6 Å². The van der Waals surface area contributed by atoms with Crippen molar-refractivity contribution in [2.45, 2.75) is 38.7 Å². The van der Waals surface area contributed by atoms with Crippen LogP contribution in [0.25, 0.3) is 22.0 Å². The fourth-order valence-corrected chi connectivity index (χ4v) is 4.73. The number of hydrogen-bond acceptors (Lipinski definition) is 7. The number of nitrogens with one attached hydrogen (secondary N) is 1. The van der Waals surface area contributed by atoms with Crippen LogP contribution in [0.4, 0.5) is 30.7 Å². The topological polar surface area (TPSA) is 90.2 Å². The van der Waals surface area contributed by atoms with Crippen LogP contribution < -0.4 is 15.2 Å². The maximum atomic E-state index is 15.1. The number of thiazole rings is 1. The van der Waals surface area contributed by atoms with E-state index in [-0.39, 0.29) is 17.8 Å². The van der Waals surface area contributed by atoms with Crippen molar-refractivity contribution in [2.24, 2.45) is 0 Å². The highest BCUT2D eigenvalue weighted by Crippen LogP contribution is 2.40. The van der Waals surface area contributed by atoms with Crippen LogP contribution in [0.2, 0.25) is 0 Å². The first-order valence-corrected chi connectivity index (χ1v) is 12.0. The molecule has 1 atom stereocenters. The van der Waals surface area contributed by atoms with Gasteiger partial charge >= 0.3 is 18.1 Å².